The lowest BCUT2D eigenvalue weighted by Crippen LogP contribution is -2.51. The first kappa shape index (κ1) is 14.7. The zero-order valence-corrected chi connectivity index (χ0v) is 11.7. The van der Waals surface area contributed by atoms with Crippen LogP contribution in [0.25, 0.3) is 0 Å². The fraction of sp³-hybridized carbons (Fsp3) is 0.889. The quantitative estimate of drug-likeness (QED) is 0.635. The van der Waals surface area contributed by atoms with Crippen LogP contribution >= 0.6 is 11.6 Å². The fourth-order valence-corrected chi connectivity index (χ4v) is 2.84. The number of carbonyl (C=O) groups is 1. The number of sulfonamides is 1. The van der Waals surface area contributed by atoms with Gasteiger partial charge in [-0.3, -0.25) is 9.69 Å². The van der Waals surface area contributed by atoms with Crippen LogP contribution in [0, 0.1) is 0 Å². The minimum absolute atomic E-state index is 0.0265. The second-order valence-corrected chi connectivity index (χ2v) is 6.74. The second-order valence-electron chi connectivity index (χ2n) is 4.18. The van der Waals surface area contributed by atoms with E-state index in [2.05, 4.69) is 0 Å². The van der Waals surface area contributed by atoms with Gasteiger partial charge in [-0.25, -0.2) is 8.42 Å². The summed E-state index contributed by atoms with van der Waals surface area (Å²) in [5.41, 5.74) is 0. The lowest BCUT2D eigenvalue weighted by atomic mass is 10.3. The summed E-state index contributed by atoms with van der Waals surface area (Å²) < 4.78 is 24.4. The first-order valence-corrected chi connectivity index (χ1v) is 7.47. The van der Waals surface area contributed by atoms with E-state index in [4.69, 9.17) is 11.6 Å². The molecule has 0 aromatic heterocycles. The van der Waals surface area contributed by atoms with E-state index >= 15 is 0 Å². The van der Waals surface area contributed by atoms with Crippen LogP contribution in [0.2, 0.25) is 0 Å². The van der Waals surface area contributed by atoms with Gasteiger partial charge in [-0.1, -0.05) is 0 Å². The molecule has 8 heteroatoms. The molecule has 1 saturated heterocycles. The molecule has 0 aromatic rings. The Hall–Kier alpha value is -0.370. The van der Waals surface area contributed by atoms with E-state index in [1.165, 1.54) is 9.21 Å². The number of nitrogens with zero attached hydrogens (tertiary/aromatic N) is 3. The summed E-state index contributed by atoms with van der Waals surface area (Å²) in [6.07, 6.45) is 0. The van der Waals surface area contributed by atoms with Crippen LogP contribution < -0.4 is 0 Å². The summed E-state index contributed by atoms with van der Waals surface area (Å²) in [6.45, 7) is 2.26. The number of piperazine rings is 1. The van der Waals surface area contributed by atoms with Gasteiger partial charge < -0.3 is 4.90 Å². The van der Waals surface area contributed by atoms with E-state index in [0.29, 0.717) is 32.7 Å². The van der Waals surface area contributed by atoms with Crippen LogP contribution in [-0.4, -0.2) is 80.5 Å². The highest BCUT2D eigenvalue weighted by Gasteiger charge is 2.26. The molecule has 100 valence electrons. The van der Waals surface area contributed by atoms with Gasteiger partial charge in [0.05, 0.1) is 6.54 Å². The highest BCUT2D eigenvalue weighted by Crippen LogP contribution is 2.09. The lowest BCUT2D eigenvalue weighted by Gasteiger charge is -2.33. The molecule has 0 radical (unpaired) electrons. The largest absolute Gasteiger partial charge is 0.348 e. The van der Waals surface area contributed by atoms with Crippen LogP contribution in [0.4, 0.5) is 0 Å². The predicted molar refractivity (Wildman–Crippen MR) is 66.3 cm³/mol. The number of carbonyl (C=O) groups excluding carboxylic acids is 1. The lowest BCUT2D eigenvalue weighted by molar-refractivity contribution is -0.130. The first-order chi connectivity index (χ1) is 7.86. The molecule has 6 nitrogen and oxygen atoms in total. The molecule has 17 heavy (non-hydrogen) atoms. The SMILES string of the molecule is CN(C)C(=O)CN1CCN(S(=O)(=O)CCl)CC1. The molecule has 1 amide bonds. The van der Waals surface area contributed by atoms with E-state index in [1.807, 2.05) is 4.90 Å². The molecular formula is C9H18ClN3O3S. The first-order valence-electron chi connectivity index (χ1n) is 5.33. The van der Waals surface area contributed by atoms with Gasteiger partial charge >= 0.3 is 0 Å². The summed E-state index contributed by atoms with van der Waals surface area (Å²) in [4.78, 5) is 15.0. The van der Waals surface area contributed by atoms with Gasteiger partial charge in [0.1, 0.15) is 5.21 Å². The number of halogens is 1. The van der Waals surface area contributed by atoms with Gasteiger partial charge in [0.2, 0.25) is 15.9 Å². The van der Waals surface area contributed by atoms with Crippen molar-refractivity contribution in [2.45, 2.75) is 0 Å². The predicted octanol–water partition coefficient (Wildman–Crippen LogP) is -0.782. The highest BCUT2D eigenvalue weighted by molar-refractivity contribution is 7.90. The normalized spacial score (nSPS) is 19.2. The Labute approximate surface area is 107 Å². The monoisotopic (exact) mass is 283 g/mol. The Morgan fingerprint density at radius 2 is 1.76 bits per heavy atom. The number of alkyl halides is 1. The fourth-order valence-electron chi connectivity index (χ4n) is 1.57. The van der Waals surface area contributed by atoms with Crippen LogP contribution in [-0.2, 0) is 14.8 Å². The van der Waals surface area contributed by atoms with Crippen molar-refractivity contribution in [1.29, 1.82) is 0 Å². The minimum atomic E-state index is -3.31. The Balaban J connectivity index is 2.44. The van der Waals surface area contributed by atoms with Crippen molar-refractivity contribution in [2.75, 3.05) is 52.0 Å². The second kappa shape index (κ2) is 5.99. The van der Waals surface area contributed by atoms with Crippen molar-refractivity contribution in [1.82, 2.24) is 14.1 Å². The molecule has 1 heterocycles. The molecule has 0 saturated carbocycles. The molecule has 0 spiro atoms. The summed E-state index contributed by atoms with van der Waals surface area (Å²) in [7, 11) is 0.0971. The Morgan fingerprint density at radius 1 is 1.24 bits per heavy atom. The molecule has 0 aromatic carbocycles. The van der Waals surface area contributed by atoms with E-state index in [1.54, 1.807) is 14.1 Å². The average molecular weight is 284 g/mol. The molecular weight excluding hydrogens is 266 g/mol. The maximum absolute atomic E-state index is 11.5. The van der Waals surface area contributed by atoms with Gasteiger partial charge in [0, 0.05) is 40.3 Å². The molecule has 0 bridgehead atoms. The maximum atomic E-state index is 11.5. The third-order valence-corrected chi connectivity index (χ3v) is 4.98. The molecule has 0 unspecified atom stereocenters. The Morgan fingerprint density at radius 3 is 2.18 bits per heavy atom. The zero-order chi connectivity index (χ0) is 13.1. The summed E-state index contributed by atoms with van der Waals surface area (Å²) in [6, 6.07) is 0. The van der Waals surface area contributed by atoms with Gasteiger partial charge in [-0.2, -0.15) is 4.31 Å². The van der Waals surface area contributed by atoms with E-state index in [9.17, 15) is 13.2 Å². The Kier molecular flexibility index (Phi) is 5.18. The highest BCUT2D eigenvalue weighted by atomic mass is 35.5. The van der Waals surface area contributed by atoms with Crippen LogP contribution in [0.3, 0.4) is 0 Å². The summed E-state index contributed by atoms with van der Waals surface area (Å²) >= 11 is 5.38. The smallest absolute Gasteiger partial charge is 0.236 e. The van der Waals surface area contributed by atoms with Crippen LogP contribution in [0.1, 0.15) is 0 Å². The van der Waals surface area contributed by atoms with Crippen molar-refractivity contribution in [2.24, 2.45) is 0 Å². The molecule has 0 N–H and O–H groups in total. The topological polar surface area (TPSA) is 60.9 Å². The van der Waals surface area contributed by atoms with E-state index < -0.39 is 10.0 Å². The number of rotatable bonds is 4. The molecule has 0 aliphatic carbocycles. The Bertz CT molecular complexity index is 364. The summed E-state index contributed by atoms with van der Waals surface area (Å²) in [5, 5.41) is -0.385. The van der Waals surface area contributed by atoms with Crippen molar-refractivity contribution in [3.8, 4) is 0 Å². The average Bonchev–Trinajstić information content (AvgIpc) is 2.29. The number of amides is 1. The molecule has 1 rings (SSSR count). The molecule has 0 atom stereocenters. The van der Waals surface area contributed by atoms with Gasteiger partial charge in [0.25, 0.3) is 0 Å². The van der Waals surface area contributed by atoms with Crippen molar-refractivity contribution in [3.63, 3.8) is 0 Å². The molecule has 1 aliphatic rings. The van der Waals surface area contributed by atoms with Gasteiger partial charge in [-0.05, 0) is 0 Å². The molecule has 1 fully saturated rings. The van der Waals surface area contributed by atoms with Crippen LogP contribution in [0.15, 0.2) is 0 Å². The third kappa shape index (κ3) is 4.09. The third-order valence-electron chi connectivity index (χ3n) is 2.72. The van der Waals surface area contributed by atoms with Crippen molar-refractivity contribution in [3.05, 3.63) is 0 Å². The zero-order valence-electron chi connectivity index (χ0n) is 10.1. The van der Waals surface area contributed by atoms with Gasteiger partial charge in [0.15, 0.2) is 0 Å². The number of hydrogen-bond donors (Lipinski definition) is 0. The van der Waals surface area contributed by atoms with Crippen molar-refractivity contribution >= 4 is 27.5 Å². The van der Waals surface area contributed by atoms with Crippen LogP contribution in [0.5, 0.6) is 0 Å². The molecule has 1 aliphatic heterocycles. The van der Waals surface area contributed by atoms with Gasteiger partial charge in [-0.15, -0.1) is 11.6 Å². The minimum Gasteiger partial charge on any atom is -0.348 e. The summed E-state index contributed by atoms with van der Waals surface area (Å²) in [5.74, 6) is 0.0265. The number of hydrogen-bond acceptors (Lipinski definition) is 4. The number of likely N-dealkylation sites (N-methyl/N-ethyl adjacent to an activating group) is 1. The van der Waals surface area contributed by atoms with Crippen molar-refractivity contribution < 1.29 is 13.2 Å². The standard InChI is InChI=1S/C9H18ClN3O3S/c1-11(2)9(14)7-12-3-5-13(6-4-12)17(15,16)8-10/h3-8H2,1-2H3. The maximum Gasteiger partial charge on any atom is 0.236 e. The van der Waals surface area contributed by atoms with E-state index in [0.717, 1.165) is 0 Å². The van der Waals surface area contributed by atoms with E-state index in [-0.39, 0.29) is 11.1 Å².